The number of nitrogens with zero attached hydrogens (tertiary/aromatic N) is 2. The molecule has 1 atom stereocenters. The molecule has 122 valence electrons. The molecule has 2 N–H and O–H groups in total. The van der Waals surface area contributed by atoms with Gasteiger partial charge in [-0.3, -0.25) is 14.9 Å². The molecule has 0 aliphatic carbocycles. The molecule has 1 saturated heterocycles. The topological polar surface area (TPSA) is 79.9 Å². The van der Waals surface area contributed by atoms with Crippen molar-refractivity contribution in [3.8, 4) is 11.3 Å². The van der Waals surface area contributed by atoms with Crippen LogP contribution in [0.2, 0.25) is 0 Å². The number of ether oxygens (including phenoxy) is 1. The third-order valence-electron chi connectivity index (χ3n) is 3.65. The predicted octanol–water partition coefficient (Wildman–Crippen LogP) is 2.71. The Morgan fingerprint density at radius 2 is 2.26 bits per heavy atom. The van der Waals surface area contributed by atoms with Gasteiger partial charge < -0.3 is 10.1 Å². The van der Waals surface area contributed by atoms with Crippen LogP contribution in [0.1, 0.15) is 19.3 Å². The monoisotopic (exact) mass is 332 g/mol. The minimum atomic E-state index is -0.0430. The first kappa shape index (κ1) is 16.0. The molecule has 2 aromatic heterocycles. The maximum absolute atomic E-state index is 12.0. The van der Waals surface area contributed by atoms with Crippen molar-refractivity contribution in [3.05, 3.63) is 30.6 Å². The Bertz CT molecular complexity index is 626. The zero-order valence-corrected chi connectivity index (χ0v) is 13.6. The molecule has 1 aliphatic rings. The number of carbonyl (C=O) groups is 1. The van der Waals surface area contributed by atoms with Crippen molar-refractivity contribution < 1.29 is 9.53 Å². The fourth-order valence-corrected chi connectivity index (χ4v) is 3.37. The molecule has 0 aromatic carbocycles. The van der Waals surface area contributed by atoms with Gasteiger partial charge >= 0.3 is 0 Å². The highest BCUT2D eigenvalue weighted by atomic mass is 32.2. The van der Waals surface area contributed by atoms with Crippen LogP contribution in [-0.2, 0) is 9.53 Å². The Morgan fingerprint density at radius 1 is 1.39 bits per heavy atom. The average Bonchev–Trinajstić information content (AvgIpc) is 3.05. The van der Waals surface area contributed by atoms with Crippen molar-refractivity contribution in [2.75, 3.05) is 23.4 Å². The summed E-state index contributed by atoms with van der Waals surface area (Å²) in [7, 11) is 0. The van der Waals surface area contributed by atoms with Crippen LogP contribution in [0.5, 0.6) is 0 Å². The van der Waals surface area contributed by atoms with Crippen LogP contribution < -0.4 is 5.32 Å². The molecule has 0 bridgehead atoms. The van der Waals surface area contributed by atoms with Crippen molar-refractivity contribution in [3.63, 3.8) is 0 Å². The van der Waals surface area contributed by atoms with E-state index in [4.69, 9.17) is 4.74 Å². The Morgan fingerprint density at radius 3 is 3.04 bits per heavy atom. The number of carbonyl (C=O) groups excluding carboxylic acids is 1. The van der Waals surface area contributed by atoms with Crippen molar-refractivity contribution in [1.82, 2.24) is 15.2 Å². The van der Waals surface area contributed by atoms with Gasteiger partial charge in [-0.2, -0.15) is 5.10 Å². The van der Waals surface area contributed by atoms with Crippen molar-refractivity contribution in [2.24, 2.45) is 0 Å². The van der Waals surface area contributed by atoms with E-state index in [1.807, 2.05) is 18.2 Å². The lowest BCUT2D eigenvalue weighted by Gasteiger charge is -2.21. The number of nitrogens with one attached hydrogen (secondary N) is 2. The molecular formula is C16H20N4O2S. The zero-order chi connectivity index (χ0) is 15.9. The van der Waals surface area contributed by atoms with Gasteiger partial charge in [0.15, 0.2) is 5.82 Å². The molecule has 0 spiro atoms. The summed E-state index contributed by atoms with van der Waals surface area (Å²) in [6.07, 6.45) is 7.22. The van der Waals surface area contributed by atoms with Gasteiger partial charge in [-0.15, -0.1) is 11.8 Å². The van der Waals surface area contributed by atoms with Gasteiger partial charge in [0.05, 0.1) is 17.6 Å². The molecule has 3 rings (SSSR count). The fourth-order valence-electron chi connectivity index (χ4n) is 2.47. The number of anilines is 1. The number of aromatic amines is 1. The molecule has 3 heterocycles. The summed E-state index contributed by atoms with van der Waals surface area (Å²) >= 11 is 1.61. The number of H-pyrrole nitrogens is 1. The summed E-state index contributed by atoms with van der Waals surface area (Å²) in [6.45, 7) is 0.850. The van der Waals surface area contributed by atoms with E-state index in [2.05, 4.69) is 20.5 Å². The van der Waals surface area contributed by atoms with Crippen molar-refractivity contribution in [1.29, 1.82) is 0 Å². The lowest BCUT2D eigenvalue weighted by Crippen LogP contribution is -2.23. The predicted molar refractivity (Wildman–Crippen MR) is 91.4 cm³/mol. The highest BCUT2D eigenvalue weighted by Crippen LogP contribution is 2.19. The molecule has 0 radical (unpaired) electrons. The third kappa shape index (κ3) is 4.80. The molecule has 7 heteroatoms. The Kier molecular flexibility index (Phi) is 5.65. The van der Waals surface area contributed by atoms with Crippen LogP contribution in [0, 0.1) is 0 Å². The standard InChI is InChI=1S/C16H20N4O2S/c21-16(11-23-10-13-3-1-2-8-22-13)18-15-9-14(19-20-15)12-4-6-17-7-5-12/h4-7,9,13H,1-3,8,10-11H2,(H2,18,19,20,21)/t13-/m1/s1. The molecule has 23 heavy (non-hydrogen) atoms. The number of hydrogen-bond acceptors (Lipinski definition) is 5. The van der Waals surface area contributed by atoms with Crippen LogP contribution in [0.3, 0.4) is 0 Å². The van der Waals surface area contributed by atoms with Crippen LogP contribution in [-0.4, -0.2) is 45.3 Å². The van der Waals surface area contributed by atoms with Gasteiger partial charge in [0.1, 0.15) is 0 Å². The molecule has 6 nitrogen and oxygen atoms in total. The maximum atomic E-state index is 12.0. The molecule has 0 unspecified atom stereocenters. The second kappa shape index (κ2) is 8.12. The summed E-state index contributed by atoms with van der Waals surface area (Å²) in [5, 5.41) is 9.85. The molecular weight excluding hydrogens is 312 g/mol. The summed E-state index contributed by atoms with van der Waals surface area (Å²) < 4.78 is 5.66. The number of rotatable bonds is 6. The van der Waals surface area contributed by atoms with E-state index < -0.39 is 0 Å². The number of pyridine rings is 1. The van der Waals surface area contributed by atoms with Gasteiger partial charge in [0.2, 0.25) is 5.91 Å². The molecule has 0 saturated carbocycles. The lowest BCUT2D eigenvalue weighted by atomic mass is 10.1. The second-order valence-electron chi connectivity index (χ2n) is 5.45. The Labute approximate surface area is 139 Å². The van der Waals surface area contributed by atoms with E-state index >= 15 is 0 Å². The van der Waals surface area contributed by atoms with Crippen LogP contribution >= 0.6 is 11.8 Å². The van der Waals surface area contributed by atoms with Gasteiger partial charge in [-0.1, -0.05) is 0 Å². The van der Waals surface area contributed by atoms with Gasteiger partial charge in [0.25, 0.3) is 0 Å². The number of aromatic nitrogens is 3. The molecule has 1 aliphatic heterocycles. The quantitative estimate of drug-likeness (QED) is 0.850. The lowest BCUT2D eigenvalue weighted by molar-refractivity contribution is -0.113. The first-order valence-electron chi connectivity index (χ1n) is 7.76. The summed E-state index contributed by atoms with van der Waals surface area (Å²) in [5.74, 6) is 1.78. The highest BCUT2D eigenvalue weighted by molar-refractivity contribution is 8.00. The Balaban J connectivity index is 1.44. The van der Waals surface area contributed by atoms with Crippen molar-refractivity contribution >= 4 is 23.5 Å². The number of amides is 1. The second-order valence-corrected chi connectivity index (χ2v) is 6.48. The van der Waals surface area contributed by atoms with Gasteiger partial charge in [-0.25, -0.2) is 0 Å². The highest BCUT2D eigenvalue weighted by Gasteiger charge is 2.14. The maximum Gasteiger partial charge on any atom is 0.235 e. The molecule has 1 fully saturated rings. The fraction of sp³-hybridized carbons (Fsp3) is 0.438. The number of thioether (sulfide) groups is 1. The molecule has 2 aromatic rings. The minimum absolute atomic E-state index is 0.0430. The zero-order valence-electron chi connectivity index (χ0n) is 12.8. The van der Waals surface area contributed by atoms with Gasteiger partial charge in [-0.05, 0) is 31.4 Å². The summed E-state index contributed by atoms with van der Waals surface area (Å²) in [5.41, 5.74) is 1.84. The Hall–Kier alpha value is -1.86. The van der Waals surface area contributed by atoms with Crippen LogP contribution in [0.4, 0.5) is 5.82 Å². The van der Waals surface area contributed by atoms with Crippen LogP contribution in [0.15, 0.2) is 30.6 Å². The van der Waals surface area contributed by atoms with Crippen molar-refractivity contribution in [2.45, 2.75) is 25.4 Å². The van der Waals surface area contributed by atoms with E-state index in [1.54, 1.807) is 24.2 Å². The SMILES string of the molecule is O=C(CSC[C@H]1CCCCO1)Nc1cc(-c2ccncc2)[nH]n1. The molecule has 1 amide bonds. The summed E-state index contributed by atoms with van der Waals surface area (Å²) in [6, 6.07) is 5.60. The van der Waals surface area contributed by atoms with E-state index in [0.717, 1.165) is 36.5 Å². The van der Waals surface area contributed by atoms with E-state index in [0.29, 0.717) is 17.7 Å². The minimum Gasteiger partial charge on any atom is -0.377 e. The van der Waals surface area contributed by atoms with E-state index in [9.17, 15) is 4.79 Å². The summed E-state index contributed by atoms with van der Waals surface area (Å²) in [4.78, 5) is 15.9. The van der Waals surface area contributed by atoms with E-state index in [1.165, 1.54) is 6.42 Å². The third-order valence-corrected chi connectivity index (χ3v) is 4.72. The van der Waals surface area contributed by atoms with Gasteiger partial charge in [0, 0.05) is 36.4 Å². The average molecular weight is 332 g/mol. The van der Waals surface area contributed by atoms with E-state index in [-0.39, 0.29) is 5.91 Å². The normalized spacial score (nSPS) is 17.8. The first-order chi connectivity index (χ1) is 11.3. The largest absolute Gasteiger partial charge is 0.377 e. The first-order valence-corrected chi connectivity index (χ1v) is 8.92. The van der Waals surface area contributed by atoms with Crippen LogP contribution in [0.25, 0.3) is 11.3 Å². The smallest absolute Gasteiger partial charge is 0.235 e. The number of hydrogen-bond donors (Lipinski definition) is 2.